The monoisotopic (exact) mass is 434 g/mol. The molecule has 3 nitrogen and oxygen atoms in total. The van der Waals surface area contributed by atoms with Crippen molar-refractivity contribution >= 4 is 69.2 Å². The quantitative estimate of drug-likeness (QED) is 0.269. The fourth-order valence-corrected chi connectivity index (χ4v) is 3.30. The molecule has 7 heteroatoms. The van der Waals surface area contributed by atoms with Crippen molar-refractivity contribution in [2.45, 2.75) is 0 Å². The zero-order valence-electron chi connectivity index (χ0n) is 13.8. The first-order valence-corrected chi connectivity index (χ1v) is 9.41. The normalized spacial score (nSPS) is 11.7. The predicted octanol–water partition coefficient (Wildman–Crippen LogP) is 5.06. The van der Waals surface area contributed by atoms with Crippen molar-refractivity contribution < 1.29 is 9.67 Å². The lowest BCUT2D eigenvalue weighted by atomic mass is 10.1. The van der Waals surface area contributed by atoms with Crippen LogP contribution in [0.15, 0.2) is 73.1 Å². The first-order valence-electron chi connectivity index (χ1n) is 7.86. The minimum absolute atomic E-state index is 0.209. The highest BCUT2D eigenvalue weighted by atomic mass is 35.5. The van der Waals surface area contributed by atoms with Crippen molar-refractivity contribution in [2.24, 2.45) is 0 Å². The molecule has 136 valence electrons. The van der Waals surface area contributed by atoms with Crippen LogP contribution in [0.5, 0.6) is 0 Å². The van der Waals surface area contributed by atoms with Crippen LogP contribution < -0.4 is 15.0 Å². The molecule has 1 N–H and O–H groups in total. The number of aromatic nitrogens is 1. The van der Waals surface area contributed by atoms with Gasteiger partial charge in [0, 0.05) is 22.2 Å². The molecule has 0 radical (unpaired) electrons. The van der Waals surface area contributed by atoms with Gasteiger partial charge in [-0.1, -0.05) is 65.2 Å². The highest BCUT2D eigenvalue weighted by Gasteiger charge is 2.20. The third-order valence-electron chi connectivity index (χ3n) is 3.70. The van der Waals surface area contributed by atoms with Crippen molar-refractivity contribution in [1.29, 1.82) is 0 Å². The van der Waals surface area contributed by atoms with Gasteiger partial charge < -0.3 is 10.4 Å². The van der Waals surface area contributed by atoms with E-state index in [4.69, 9.17) is 47.0 Å². The fraction of sp³-hybridized carbons (Fsp3) is 0. The molecule has 0 atom stereocenters. The van der Waals surface area contributed by atoms with Crippen molar-refractivity contribution in [3.63, 3.8) is 0 Å². The molecule has 0 unspecified atom stereocenters. The summed E-state index contributed by atoms with van der Waals surface area (Å²) in [5, 5.41) is 17.5. The van der Waals surface area contributed by atoms with Crippen molar-refractivity contribution in [2.75, 3.05) is 5.32 Å². The Morgan fingerprint density at radius 1 is 0.889 bits per heavy atom. The lowest BCUT2D eigenvalue weighted by Gasteiger charge is -2.18. The number of hydrogen-bond donors (Lipinski definition) is 1. The van der Waals surface area contributed by atoms with E-state index in [1.54, 1.807) is 53.4 Å². The molecule has 0 fully saturated rings. The number of pyridine rings is 1. The van der Waals surface area contributed by atoms with Gasteiger partial charge in [-0.2, -0.15) is 4.57 Å². The van der Waals surface area contributed by atoms with E-state index in [9.17, 15) is 5.11 Å². The van der Waals surface area contributed by atoms with E-state index in [0.29, 0.717) is 20.8 Å². The molecule has 1 heterocycles. The highest BCUT2D eigenvalue weighted by molar-refractivity contribution is 7.81. The van der Waals surface area contributed by atoms with E-state index in [0.717, 1.165) is 0 Å². The summed E-state index contributed by atoms with van der Waals surface area (Å²) in [5.74, 6) is -0.358. The molecular weight excluding hydrogens is 423 g/mol. The molecular formula is C20H13Cl3N2OS. The molecule has 1 aromatic heterocycles. The second-order valence-corrected chi connectivity index (χ2v) is 7.18. The SMILES string of the molecule is [O-]/C(=C(/C(=S)Nc1ccccc1Cl)[n+]1ccccc1)c1cc(Cl)ccc1Cl. The van der Waals surface area contributed by atoms with E-state index < -0.39 is 0 Å². The van der Waals surface area contributed by atoms with Crippen LogP contribution in [0.25, 0.3) is 11.5 Å². The van der Waals surface area contributed by atoms with Gasteiger partial charge in [0.25, 0.3) is 0 Å². The molecule has 0 saturated carbocycles. The van der Waals surface area contributed by atoms with Gasteiger partial charge in [0.1, 0.15) is 0 Å². The minimum atomic E-state index is -0.358. The number of para-hydroxylation sites is 1. The summed E-state index contributed by atoms with van der Waals surface area (Å²) in [7, 11) is 0. The zero-order chi connectivity index (χ0) is 19.4. The highest BCUT2D eigenvalue weighted by Crippen LogP contribution is 2.28. The molecule has 0 spiro atoms. The van der Waals surface area contributed by atoms with Gasteiger partial charge in [-0.25, -0.2) is 0 Å². The van der Waals surface area contributed by atoms with Crippen molar-refractivity contribution in [3.8, 4) is 0 Å². The zero-order valence-corrected chi connectivity index (χ0v) is 16.9. The third-order valence-corrected chi connectivity index (χ3v) is 4.89. The standard InChI is InChI=1S/C20H13Cl3N2OS/c21-13-8-9-15(22)14(12-13)19(26)18(25-10-4-1-5-11-25)20(27)24-17-7-3-2-6-16(17)23/h1-12H,(H-,24,26,27). The van der Waals surface area contributed by atoms with Gasteiger partial charge in [0.2, 0.25) is 5.70 Å². The number of thiocarbonyl (C=S) groups is 1. The van der Waals surface area contributed by atoms with Gasteiger partial charge in [-0.3, -0.25) is 0 Å². The maximum atomic E-state index is 13.3. The predicted molar refractivity (Wildman–Crippen MR) is 114 cm³/mol. The summed E-state index contributed by atoms with van der Waals surface area (Å²) in [6.07, 6.45) is 3.46. The lowest BCUT2D eigenvalue weighted by Crippen LogP contribution is -2.39. The van der Waals surface area contributed by atoms with Gasteiger partial charge in [0.15, 0.2) is 17.4 Å². The summed E-state index contributed by atoms with van der Waals surface area (Å²) < 4.78 is 1.63. The maximum Gasteiger partial charge on any atom is 0.238 e. The summed E-state index contributed by atoms with van der Waals surface area (Å²) in [5.41, 5.74) is 1.09. The number of nitrogens with one attached hydrogen (secondary N) is 1. The Morgan fingerprint density at radius 2 is 1.59 bits per heavy atom. The average Bonchev–Trinajstić information content (AvgIpc) is 2.66. The van der Waals surface area contributed by atoms with E-state index in [2.05, 4.69) is 5.32 Å². The largest absolute Gasteiger partial charge is 0.867 e. The summed E-state index contributed by atoms with van der Waals surface area (Å²) in [6.45, 7) is 0. The first-order chi connectivity index (χ1) is 13.0. The number of halogens is 3. The molecule has 0 aliphatic carbocycles. The van der Waals surface area contributed by atoms with Gasteiger partial charge in [-0.15, -0.1) is 0 Å². The molecule has 27 heavy (non-hydrogen) atoms. The van der Waals surface area contributed by atoms with Crippen molar-refractivity contribution in [3.05, 3.63) is 93.7 Å². The van der Waals surface area contributed by atoms with Crippen LogP contribution in [0.2, 0.25) is 15.1 Å². The summed E-state index contributed by atoms with van der Waals surface area (Å²) in [4.78, 5) is 0.209. The van der Waals surface area contributed by atoms with Crippen LogP contribution in [0, 0.1) is 0 Å². The molecule has 0 amide bonds. The molecule has 3 aromatic rings. The van der Waals surface area contributed by atoms with Crippen LogP contribution >= 0.6 is 47.0 Å². The number of hydrogen-bond acceptors (Lipinski definition) is 2. The summed E-state index contributed by atoms with van der Waals surface area (Å²) in [6, 6.07) is 17.3. The van der Waals surface area contributed by atoms with E-state index in [1.807, 2.05) is 18.2 Å². The fourth-order valence-electron chi connectivity index (χ4n) is 2.43. The Morgan fingerprint density at radius 3 is 2.30 bits per heavy atom. The average molecular weight is 436 g/mol. The van der Waals surface area contributed by atoms with Crippen LogP contribution in [0.1, 0.15) is 5.56 Å². The Balaban J connectivity index is 2.13. The second-order valence-electron chi connectivity index (χ2n) is 5.52. The Bertz CT molecular complexity index is 1020. The van der Waals surface area contributed by atoms with Crippen LogP contribution in [0.4, 0.5) is 5.69 Å². The lowest BCUT2D eigenvalue weighted by molar-refractivity contribution is -0.577. The first kappa shape index (κ1) is 19.6. The van der Waals surface area contributed by atoms with Crippen molar-refractivity contribution in [1.82, 2.24) is 0 Å². The van der Waals surface area contributed by atoms with Gasteiger partial charge in [0.05, 0.1) is 10.7 Å². The maximum absolute atomic E-state index is 13.3. The number of benzene rings is 2. The Labute approximate surface area is 177 Å². The van der Waals surface area contributed by atoms with E-state index in [1.165, 1.54) is 6.07 Å². The molecule has 2 aromatic carbocycles. The molecule has 0 aliphatic rings. The van der Waals surface area contributed by atoms with Gasteiger partial charge in [-0.05, 0) is 41.7 Å². The number of rotatable bonds is 4. The molecule has 0 bridgehead atoms. The molecule has 3 rings (SSSR count). The second kappa shape index (κ2) is 8.72. The van der Waals surface area contributed by atoms with Crippen LogP contribution in [-0.4, -0.2) is 4.99 Å². The van der Waals surface area contributed by atoms with Crippen LogP contribution in [-0.2, 0) is 0 Å². The Kier molecular flexibility index (Phi) is 6.34. The van der Waals surface area contributed by atoms with Gasteiger partial charge >= 0.3 is 0 Å². The van der Waals surface area contributed by atoms with E-state index in [-0.39, 0.29) is 22.0 Å². The third kappa shape index (κ3) is 4.60. The smallest absolute Gasteiger partial charge is 0.238 e. The van der Waals surface area contributed by atoms with E-state index >= 15 is 0 Å². The molecule has 0 aliphatic heterocycles. The number of anilines is 1. The minimum Gasteiger partial charge on any atom is -0.867 e. The topological polar surface area (TPSA) is 39.0 Å². The Hall–Kier alpha value is -2.11. The summed E-state index contributed by atoms with van der Waals surface area (Å²) >= 11 is 24.0. The number of nitrogens with zero attached hydrogens (tertiary/aromatic N) is 1. The molecule has 0 saturated heterocycles. The van der Waals surface area contributed by atoms with Crippen LogP contribution in [0.3, 0.4) is 0 Å².